The predicted octanol–water partition coefficient (Wildman–Crippen LogP) is 4.87. The van der Waals surface area contributed by atoms with Crippen molar-refractivity contribution in [1.82, 2.24) is 0 Å². The Balaban J connectivity index is 2.67. The van der Waals surface area contributed by atoms with E-state index in [9.17, 15) is 4.79 Å². The third-order valence-electron chi connectivity index (χ3n) is 3.97. The second kappa shape index (κ2) is 7.38. The molecule has 0 amide bonds. The van der Waals surface area contributed by atoms with Crippen molar-refractivity contribution in [3.63, 3.8) is 0 Å². The van der Waals surface area contributed by atoms with Crippen molar-refractivity contribution in [2.75, 3.05) is 0 Å². The van der Waals surface area contributed by atoms with Crippen molar-refractivity contribution in [3.8, 4) is 12.3 Å². The Labute approximate surface area is 137 Å². The minimum absolute atomic E-state index is 0.000653. The van der Waals surface area contributed by atoms with Gasteiger partial charge in [-0.3, -0.25) is 4.79 Å². The molecule has 4 heteroatoms. The molecule has 1 rings (SSSR count). The smallest absolute Gasteiger partial charge is 0.311 e. The van der Waals surface area contributed by atoms with Crippen LogP contribution in [0.2, 0.25) is 0 Å². The van der Waals surface area contributed by atoms with Crippen LogP contribution in [0.1, 0.15) is 40.5 Å². The Kier molecular flexibility index (Phi) is 6.38. The average molecular weight is 329 g/mol. The van der Waals surface area contributed by atoms with Gasteiger partial charge in [0, 0.05) is 6.42 Å². The van der Waals surface area contributed by atoms with Crippen LogP contribution in [0, 0.1) is 29.6 Å². The van der Waals surface area contributed by atoms with Crippen molar-refractivity contribution < 1.29 is 9.53 Å². The summed E-state index contributed by atoms with van der Waals surface area (Å²) in [6, 6.07) is 0. The molecule has 1 fully saturated rings. The fraction of sp³-hybridized carbons (Fsp3) is 0.588. The highest BCUT2D eigenvalue weighted by molar-refractivity contribution is 6.55. The second-order valence-corrected chi connectivity index (χ2v) is 7.04. The van der Waals surface area contributed by atoms with Crippen molar-refractivity contribution in [2.45, 2.75) is 46.6 Å². The summed E-state index contributed by atoms with van der Waals surface area (Å²) in [6.07, 6.45) is 10.2. The summed E-state index contributed by atoms with van der Waals surface area (Å²) in [7, 11) is 0. The minimum atomic E-state index is -0.521. The number of carbonyl (C=O) groups excluding carboxylic acids is 1. The fourth-order valence-electron chi connectivity index (χ4n) is 2.65. The average Bonchev–Trinajstić information content (AvgIpc) is 2.89. The van der Waals surface area contributed by atoms with E-state index < -0.39 is 6.10 Å². The molecule has 0 saturated heterocycles. The first-order valence-electron chi connectivity index (χ1n) is 7.09. The lowest BCUT2D eigenvalue weighted by molar-refractivity contribution is -0.149. The molecule has 0 radical (unpaired) electrons. The van der Waals surface area contributed by atoms with Gasteiger partial charge >= 0.3 is 5.97 Å². The van der Waals surface area contributed by atoms with E-state index in [1.807, 2.05) is 20.8 Å². The van der Waals surface area contributed by atoms with Gasteiger partial charge in [0.25, 0.3) is 0 Å². The molecule has 3 atom stereocenters. The third-order valence-corrected chi connectivity index (χ3v) is 4.23. The second-order valence-electron chi connectivity index (χ2n) is 6.04. The summed E-state index contributed by atoms with van der Waals surface area (Å²) < 4.78 is 5.64. The summed E-state index contributed by atoms with van der Waals surface area (Å²) in [5.41, 5.74) is 0.933. The first-order valence-corrected chi connectivity index (χ1v) is 7.84. The lowest BCUT2D eigenvalue weighted by atomic mass is 10.1. The molecule has 3 unspecified atom stereocenters. The molecule has 0 N–H and O–H groups in total. The maximum atomic E-state index is 12.3. The fourth-order valence-corrected chi connectivity index (χ4v) is 2.92. The number of hydrogen-bond acceptors (Lipinski definition) is 2. The Bertz CT molecular complexity index is 493. The number of allylic oxidation sites excluding steroid dienone is 2. The van der Waals surface area contributed by atoms with Gasteiger partial charge in [0.2, 0.25) is 0 Å². The van der Waals surface area contributed by atoms with Crippen LogP contribution < -0.4 is 0 Å². The van der Waals surface area contributed by atoms with Gasteiger partial charge in [-0.25, -0.2) is 0 Å². The van der Waals surface area contributed by atoms with Gasteiger partial charge in [-0.2, -0.15) is 0 Å². The van der Waals surface area contributed by atoms with Crippen LogP contribution in [0.15, 0.2) is 22.2 Å². The summed E-state index contributed by atoms with van der Waals surface area (Å²) in [6.45, 7) is 8.02. The van der Waals surface area contributed by atoms with E-state index in [-0.39, 0.29) is 27.7 Å². The number of terminal acetylenes is 1. The number of hydrogen-bond donors (Lipinski definition) is 0. The Morgan fingerprint density at radius 2 is 2.10 bits per heavy atom. The Hall–Kier alpha value is -0.910. The van der Waals surface area contributed by atoms with Gasteiger partial charge in [0.05, 0.1) is 5.92 Å². The maximum absolute atomic E-state index is 12.3. The lowest BCUT2D eigenvalue weighted by Crippen LogP contribution is -2.20. The van der Waals surface area contributed by atoms with Gasteiger partial charge in [-0.05, 0) is 30.8 Å². The van der Waals surface area contributed by atoms with E-state index in [0.717, 1.165) is 12.0 Å². The maximum Gasteiger partial charge on any atom is 0.311 e. The summed E-state index contributed by atoms with van der Waals surface area (Å²) >= 11 is 11.4. The van der Waals surface area contributed by atoms with Crippen molar-refractivity contribution in [3.05, 3.63) is 22.2 Å². The van der Waals surface area contributed by atoms with Crippen LogP contribution in [0.3, 0.4) is 0 Å². The van der Waals surface area contributed by atoms with E-state index in [1.165, 1.54) is 0 Å². The van der Waals surface area contributed by atoms with E-state index in [1.54, 1.807) is 6.08 Å². The highest BCUT2D eigenvalue weighted by Gasteiger charge is 2.61. The quantitative estimate of drug-likeness (QED) is 0.395. The monoisotopic (exact) mass is 328 g/mol. The molecular weight excluding hydrogens is 307 g/mol. The third kappa shape index (κ3) is 4.80. The van der Waals surface area contributed by atoms with E-state index >= 15 is 0 Å². The van der Waals surface area contributed by atoms with Crippen molar-refractivity contribution in [2.24, 2.45) is 17.3 Å². The summed E-state index contributed by atoms with van der Waals surface area (Å²) in [4.78, 5) is 12.3. The van der Waals surface area contributed by atoms with Crippen LogP contribution in [0.5, 0.6) is 0 Å². The molecule has 1 saturated carbocycles. The number of esters is 1. The first kappa shape index (κ1) is 18.1. The minimum Gasteiger partial charge on any atom is -0.449 e. The molecule has 0 aromatic carbocycles. The molecule has 0 aromatic heterocycles. The van der Waals surface area contributed by atoms with Gasteiger partial charge < -0.3 is 4.74 Å². The molecule has 0 aliphatic heterocycles. The highest BCUT2D eigenvalue weighted by Crippen LogP contribution is 2.60. The Morgan fingerprint density at radius 3 is 2.57 bits per heavy atom. The van der Waals surface area contributed by atoms with Crippen LogP contribution in [-0.2, 0) is 9.53 Å². The standard InChI is InChI=1S/C17H22Cl2O2/c1-6-8-11(3)9-12(7-2)21-16(20)15-13(10-14(18)19)17(15,4)5/h2,8,10,12-13,15H,6,9H2,1,3-5H3/b11-8+. The molecule has 0 bridgehead atoms. The number of rotatable bonds is 6. The number of carbonyl (C=O) groups is 1. The molecule has 1 aliphatic carbocycles. The van der Waals surface area contributed by atoms with E-state index in [2.05, 4.69) is 18.9 Å². The summed E-state index contributed by atoms with van der Waals surface area (Å²) in [5, 5.41) is 0. The molecule has 21 heavy (non-hydrogen) atoms. The molecule has 1 aliphatic rings. The zero-order chi connectivity index (χ0) is 16.2. The van der Waals surface area contributed by atoms with Gasteiger partial charge in [-0.15, -0.1) is 6.42 Å². The van der Waals surface area contributed by atoms with E-state index in [4.69, 9.17) is 34.4 Å². The van der Waals surface area contributed by atoms with Crippen molar-refractivity contribution in [1.29, 1.82) is 0 Å². The van der Waals surface area contributed by atoms with Crippen LogP contribution >= 0.6 is 23.2 Å². The molecule has 116 valence electrons. The number of halogens is 2. The van der Waals surface area contributed by atoms with Gasteiger partial charge in [0.1, 0.15) is 4.49 Å². The highest BCUT2D eigenvalue weighted by atomic mass is 35.5. The normalized spacial score (nSPS) is 24.7. The van der Waals surface area contributed by atoms with Crippen LogP contribution in [-0.4, -0.2) is 12.1 Å². The zero-order valence-corrected chi connectivity index (χ0v) is 14.5. The zero-order valence-electron chi connectivity index (χ0n) is 13.0. The topological polar surface area (TPSA) is 26.3 Å². The first-order chi connectivity index (χ1) is 9.73. The predicted molar refractivity (Wildman–Crippen MR) is 87.9 cm³/mol. The van der Waals surface area contributed by atoms with Gasteiger partial charge in [-0.1, -0.05) is 61.5 Å². The van der Waals surface area contributed by atoms with E-state index in [0.29, 0.717) is 6.42 Å². The molecule has 0 spiro atoms. The molecular formula is C17H22Cl2O2. The van der Waals surface area contributed by atoms with Crippen LogP contribution in [0.4, 0.5) is 0 Å². The Morgan fingerprint density at radius 1 is 1.48 bits per heavy atom. The largest absolute Gasteiger partial charge is 0.449 e. The van der Waals surface area contributed by atoms with Crippen molar-refractivity contribution >= 4 is 29.2 Å². The lowest BCUT2D eigenvalue weighted by Gasteiger charge is -2.13. The van der Waals surface area contributed by atoms with Crippen LogP contribution in [0.25, 0.3) is 0 Å². The summed E-state index contributed by atoms with van der Waals surface area (Å²) in [5.74, 6) is 2.02. The molecule has 0 aromatic rings. The molecule has 2 nitrogen and oxygen atoms in total. The number of ether oxygens (including phenoxy) is 1. The van der Waals surface area contributed by atoms with Gasteiger partial charge in [0.15, 0.2) is 6.10 Å². The SMILES string of the molecule is C#CC(C/C(C)=C/CC)OC(=O)C1C(C=C(Cl)Cl)C1(C)C. The molecule has 0 heterocycles.